The fourth-order valence-electron chi connectivity index (χ4n) is 0.872. The molecule has 0 heterocycles. The van der Waals surface area contributed by atoms with E-state index >= 15 is 0 Å². The highest BCUT2D eigenvalue weighted by atomic mass is 35.5. The Morgan fingerprint density at radius 1 is 1.50 bits per heavy atom. The summed E-state index contributed by atoms with van der Waals surface area (Å²) in [5.41, 5.74) is 5.94. The van der Waals surface area contributed by atoms with Crippen LogP contribution in [0.3, 0.4) is 0 Å². The van der Waals surface area contributed by atoms with Crippen LogP contribution in [-0.4, -0.2) is 0 Å². The van der Waals surface area contributed by atoms with E-state index in [1.807, 2.05) is 0 Å². The maximum atomic E-state index is 13.0. The summed E-state index contributed by atoms with van der Waals surface area (Å²) in [5.74, 6) is -0.413. The van der Waals surface area contributed by atoms with Crippen molar-refractivity contribution < 1.29 is 4.39 Å². The Morgan fingerprint density at radius 2 is 2.08 bits per heavy atom. The molecule has 12 heavy (non-hydrogen) atoms. The molecule has 0 aliphatic heterocycles. The molecule has 1 atom stereocenters. The molecule has 0 aliphatic carbocycles. The molecule has 4 heteroatoms. The van der Waals surface area contributed by atoms with E-state index in [1.54, 1.807) is 19.1 Å². The van der Waals surface area contributed by atoms with Crippen LogP contribution in [0.1, 0.15) is 18.5 Å². The van der Waals surface area contributed by atoms with Crippen molar-refractivity contribution in [2.24, 2.45) is 5.73 Å². The van der Waals surface area contributed by atoms with E-state index in [0.717, 1.165) is 0 Å². The molecule has 1 nitrogen and oxygen atoms in total. The molecule has 0 unspecified atom stereocenters. The largest absolute Gasteiger partial charge is 0.324 e. The summed E-state index contributed by atoms with van der Waals surface area (Å²) in [5, 5.41) is 0.125. The second kappa shape index (κ2) is 4.65. The Hall–Kier alpha value is -0.310. The Bertz CT molecular complexity index is 263. The molecule has 68 valence electrons. The number of halogens is 3. The molecule has 2 N–H and O–H groups in total. The minimum absolute atomic E-state index is 0. The van der Waals surface area contributed by atoms with Crippen molar-refractivity contribution in [3.8, 4) is 0 Å². The van der Waals surface area contributed by atoms with Gasteiger partial charge in [0.15, 0.2) is 0 Å². The fourth-order valence-corrected chi connectivity index (χ4v) is 1.05. The summed E-state index contributed by atoms with van der Waals surface area (Å²) in [6.45, 7) is 1.72. The van der Waals surface area contributed by atoms with E-state index in [2.05, 4.69) is 0 Å². The van der Waals surface area contributed by atoms with Gasteiger partial charge in [-0.25, -0.2) is 4.39 Å². The van der Waals surface area contributed by atoms with Gasteiger partial charge in [0.25, 0.3) is 0 Å². The van der Waals surface area contributed by atoms with Crippen molar-refractivity contribution in [3.05, 3.63) is 34.6 Å². The van der Waals surface area contributed by atoms with Gasteiger partial charge in [-0.05, 0) is 13.0 Å². The second-order valence-electron chi connectivity index (χ2n) is 2.43. The van der Waals surface area contributed by atoms with Gasteiger partial charge in [-0.2, -0.15) is 0 Å². The highest BCUT2D eigenvalue weighted by Gasteiger charge is 2.08. The van der Waals surface area contributed by atoms with Crippen LogP contribution in [0, 0.1) is 5.82 Å². The molecule has 0 saturated carbocycles. The summed E-state index contributed by atoms with van der Waals surface area (Å²) >= 11 is 5.53. The van der Waals surface area contributed by atoms with E-state index in [9.17, 15) is 4.39 Å². The van der Waals surface area contributed by atoms with Crippen LogP contribution in [0.2, 0.25) is 5.02 Å². The first kappa shape index (κ1) is 11.7. The molecule has 0 aliphatic rings. The first-order valence-electron chi connectivity index (χ1n) is 3.32. The van der Waals surface area contributed by atoms with E-state index < -0.39 is 5.82 Å². The van der Waals surface area contributed by atoms with E-state index in [1.165, 1.54) is 6.07 Å². The maximum Gasteiger partial charge on any atom is 0.146 e. The average Bonchev–Trinajstić information content (AvgIpc) is 1.94. The van der Waals surface area contributed by atoms with Gasteiger partial charge in [-0.3, -0.25) is 0 Å². The lowest BCUT2D eigenvalue weighted by Gasteiger charge is -2.06. The Kier molecular flexibility index (Phi) is 4.53. The number of rotatable bonds is 1. The van der Waals surface area contributed by atoms with Crippen molar-refractivity contribution in [2.45, 2.75) is 13.0 Å². The minimum Gasteiger partial charge on any atom is -0.324 e. The van der Waals surface area contributed by atoms with Crippen LogP contribution in [-0.2, 0) is 0 Å². The van der Waals surface area contributed by atoms with Gasteiger partial charge in [0, 0.05) is 11.6 Å². The Balaban J connectivity index is 0.00000121. The van der Waals surface area contributed by atoms with Crippen LogP contribution < -0.4 is 5.73 Å². The quantitative estimate of drug-likeness (QED) is 0.757. The normalized spacial score (nSPS) is 12.0. The Labute approximate surface area is 82.1 Å². The predicted molar refractivity (Wildman–Crippen MR) is 51.3 cm³/mol. The summed E-state index contributed by atoms with van der Waals surface area (Å²) in [4.78, 5) is 0. The maximum absolute atomic E-state index is 13.0. The van der Waals surface area contributed by atoms with Gasteiger partial charge in [-0.1, -0.05) is 23.7 Å². The van der Waals surface area contributed by atoms with Gasteiger partial charge in [0.1, 0.15) is 5.82 Å². The van der Waals surface area contributed by atoms with E-state index in [-0.39, 0.29) is 23.5 Å². The zero-order valence-electron chi connectivity index (χ0n) is 6.55. The number of benzene rings is 1. The van der Waals surface area contributed by atoms with Crippen LogP contribution in [0.25, 0.3) is 0 Å². The number of hydrogen-bond acceptors (Lipinski definition) is 1. The molecule has 1 rings (SSSR count). The molecule has 0 radical (unpaired) electrons. The lowest BCUT2D eigenvalue weighted by molar-refractivity contribution is 0.594. The average molecular weight is 210 g/mol. The van der Waals surface area contributed by atoms with Crippen molar-refractivity contribution in [1.29, 1.82) is 0 Å². The van der Waals surface area contributed by atoms with Crippen LogP contribution in [0.15, 0.2) is 18.2 Å². The fraction of sp³-hybridized carbons (Fsp3) is 0.250. The molecule has 0 fully saturated rings. The van der Waals surface area contributed by atoms with Crippen molar-refractivity contribution >= 4 is 24.0 Å². The molecule has 0 spiro atoms. The number of nitrogens with two attached hydrogens (primary N) is 1. The summed E-state index contributed by atoms with van der Waals surface area (Å²) in [6, 6.07) is 4.51. The summed E-state index contributed by atoms with van der Waals surface area (Å²) in [6.07, 6.45) is 0. The van der Waals surface area contributed by atoms with Gasteiger partial charge in [0.05, 0.1) is 5.02 Å². The third-order valence-electron chi connectivity index (χ3n) is 1.47. The zero-order chi connectivity index (χ0) is 8.43. The first-order chi connectivity index (χ1) is 5.13. The third-order valence-corrected chi connectivity index (χ3v) is 1.76. The molecule has 0 saturated heterocycles. The highest BCUT2D eigenvalue weighted by molar-refractivity contribution is 6.30. The SMILES string of the molecule is C[C@@H](N)c1cccc(Cl)c1F.Cl. The van der Waals surface area contributed by atoms with Gasteiger partial charge in [0.2, 0.25) is 0 Å². The summed E-state index contributed by atoms with van der Waals surface area (Å²) in [7, 11) is 0. The van der Waals surface area contributed by atoms with Gasteiger partial charge < -0.3 is 5.73 Å². The topological polar surface area (TPSA) is 26.0 Å². The predicted octanol–water partition coefficient (Wildman–Crippen LogP) is 2.92. The monoisotopic (exact) mass is 209 g/mol. The standard InChI is InChI=1S/C8H9ClFN.ClH/c1-5(11)6-3-2-4-7(9)8(6)10;/h2-5H,11H2,1H3;1H/t5-;/m1./s1. The van der Waals surface area contributed by atoms with Crippen LogP contribution >= 0.6 is 24.0 Å². The molecule has 1 aromatic rings. The lowest BCUT2D eigenvalue weighted by Crippen LogP contribution is -2.07. The van der Waals surface area contributed by atoms with Gasteiger partial charge >= 0.3 is 0 Å². The molecule has 0 aromatic heterocycles. The second-order valence-corrected chi connectivity index (χ2v) is 2.84. The van der Waals surface area contributed by atoms with Crippen molar-refractivity contribution in [2.75, 3.05) is 0 Å². The molecular formula is C8H10Cl2FN. The van der Waals surface area contributed by atoms with Crippen LogP contribution in [0.5, 0.6) is 0 Å². The van der Waals surface area contributed by atoms with E-state index in [0.29, 0.717) is 5.56 Å². The number of hydrogen-bond donors (Lipinski definition) is 1. The zero-order valence-corrected chi connectivity index (χ0v) is 8.12. The third kappa shape index (κ3) is 2.34. The van der Waals surface area contributed by atoms with Crippen LogP contribution in [0.4, 0.5) is 4.39 Å². The molecular weight excluding hydrogens is 200 g/mol. The first-order valence-corrected chi connectivity index (χ1v) is 3.70. The van der Waals surface area contributed by atoms with Crippen molar-refractivity contribution in [1.82, 2.24) is 0 Å². The smallest absolute Gasteiger partial charge is 0.146 e. The minimum atomic E-state index is -0.413. The van der Waals surface area contributed by atoms with Gasteiger partial charge in [-0.15, -0.1) is 12.4 Å². The summed E-state index contributed by atoms with van der Waals surface area (Å²) < 4.78 is 13.0. The molecule has 0 bridgehead atoms. The highest BCUT2D eigenvalue weighted by Crippen LogP contribution is 2.21. The van der Waals surface area contributed by atoms with Crippen molar-refractivity contribution in [3.63, 3.8) is 0 Å². The lowest BCUT2D eigenvalue weighted by atomic mass is 10.1. The Morgan fingerprint density at radius 3 is 2.50 bits per heavy atom. The molecule has 1 aromatic carbocycles. The van der Waals surface area contributed by atoms with E-state index in [4.69, 9.17) is 17.3 Å². The molecule has 0 amide bonds.